The van der Waals surface area contributed by atoms with Gasteiger partial charge in [-0.15, -0.1) is 0 Å². The molecule has 0 aliphatic carbocycles. The van der Waals surface area contributed by atoms with E-state index in [0.29, 0.717) is 18.6 Å². The highest BCUT2D eigenvalue weighted by Gasteiger charge is 2.30. The summed E-state index contributed by atoms with van der Waals surface area (Å²) >= 11 is 0. The number of amides is 1. The molecule has 1 saturated heterocycles. The molecule has 0 spiro atoms. The van der Waals surface area contributed by atoms with Gasteiger partial charge in [-0.25, -0.2) is 4.79 Å². The van der Waals surface area contributed by atoms with Crippen molar-refractivity contribution in [1.82, 2.24) is 10.2 Å². The zero-order valence-electron chi connectivity index (χ0n) is 13.4. The van der Waals surface area contributed by atoms with Crippen LogP contribution in [0.25, 0.3) is 0 Å². The van der Waals surface area contributed by atoms with E-state index in [2.05, 4.69) is 12.2 Å². The van der Waals surface area contributed by atoms with Crippen LogP contribution in [0.5, 0.6) is 0 Å². The van der Waals surface area contributed by atoms with Crippen LogP contribution < -0.4 is 5.32 Å². The van der Waals surface area contributed by atoms with E-state index in [4.69, 9.17) is 9.15 Å². The molecule has 1 N–H and O–H groups in total. The summed E-state index contributed by atoms with van der Waals surface area (Å²) in [5, 5.41) is 3.56. The number of hydrogen-bond acceptors (Lipinski definition) is 4. The maximum atomic E-state index is 12.0. The quantitative estimate of drug-likeness (QED) is 0.927. The van der Waals surface area contributed by atoms with E-state index in [9.17, 15) is 4.79 Å². The van der Waals surface area contributed by atoms with Gasteiger partial charge in [-0.3, -0.25) is 0 Å². The van der Waals surface area contributed by atoms with Crippen molar-refractivity contribution in [1.29, 1.82) is 0 Å². The zero-order valence-corrected chi connectivity index (χ0v) is 13.4. The lowest BCUT2D eigenvalue weighted by atomic mass is 10.1. The number of nitrogens with zero attached hydrogens (tertiary/aromatic N) is 1. The van der Waals surface area contributed by atoms with Crippen molar-refractivity contribution in [2.45, 2.75) is 58.2 Å². The van der Waals surface area contributed by atoms with Crippen LogP contribution in [0.1, 0.15) is 39.9 Å². The molecule has 0 saturated carbocycles. The van der Waals surface area contributed by atoms with Crippen molar-refractivity contribution in [3.8, 4) is 0 Å². The summed E-state index contributed by atoms with van der Waals surface area (Å²) in [6, 6.07) is 4.53. The summed E-state index contributed by atoms with van der Waals surface area (Å²) in [5.74, 6) is 0.983. The lowest BCUT2D eigenvalue weighted by Gasteiger charge is -2.25. The first kappa shape index (κ1) is 15.9. The highest BCUT2D eigenvalue weighted by Crippen LogP contribution is 2.16. The summed E-state index contributed by atoms with van der Waals surface area (Å²) in [6.45, 7) is 9.27. The van der Waals surface area contributed by atoms with E-state index >= 15 is 0 Å². The number of furan rings is 1. The van der Waals surface area contributed by atoms with Crippen molar-refractivity contribution in [3.05, 3.63) is 24.2 Å². The molecule has 0 bridgehead atoms. The maximum Gasteiger partial charge on any atom is 0.410 e. The molecule has 2 heterocycles. The zero-order chi connectivity index (χ0) is 15.5. The van der Waals surface area contributed by atoms with Gasteiger partial charge in [-0.1, -0.05) is 0 Å². The predicted octanol–water partition coefficient (Wildman–Crippen LogP) is 2.81. The van der Waals surface area contributed by atoms with Crippen LogP contribution in [0.3, 0.4) is 0 Å². The van der Waals surface area contributed by atoms with Gasteiger partial charge in [-0.05, 0) is 46.2 Å². The minimum absolute atomic E-state index is 0.217. The van der Waals surface area contributed by atoms with Gasteiger partial charge in [0.1, 0.15) is 11.4 Å². The fraction of sp³-hybridized carbons (Fsp3) is 0.688. The number of likely N-dealkylation sites (tertiary alicyclic amines) is 1. The predicted molar refractivity (Wildman–Crippen MR) is 81.2 cm³/mol. The second kappa shape index (κ2) is 6.52. The molecule has 1 aliphatic heterocycles. The topological polar surface area (TPSA) is 54.7 Å². The van der Waals surface area contributed by atoms with Crippen molar-refractivity contribution < 1.29 is 13.9 Å². The number of nitrogens with one attached hydrogen (secondary N) is 1. The van der Waals surface area contributed by atoms with E-state index in [1.807, 2.05) is 32.9 Å². The third-order valence-corrected chi connectivity index (χ3v) is 3.45. The standard InChI is InChI=1S/C16H26N2O3/c1-12(10-14-6-5-9-20-14)17-13-7-8-18(11-13)15(19)21-16(2,3)4/h5-6,9,12-13,17H,7-8,10-11H2,1-4H3. The first-order chi connectivity index (χ1) is 9.83. The van der Waals surface area contributed by atoms with Crippen LogP contribution in [0.4, 0.5) is 4.79 Å². The van der Waals surface area contributed by atoms with Gasteiger partial charge in [0.25, 0.3) is 0 Å². The van der Waals surface area contributed by atoms with Crippen molar-refractivity contribution in [3.63, 3.8) is 0 Å². The molecule has 2 unspecified atom stereocenters. The van der Waals surface area contributed by atoms with Gasteiger partial charge in [0.15, 0.2) is 0 Å². The summed E-state index contributed by atoms with van der Waals surface area (Å²) in [4.78, 5) is 13.8. The minimum atomic E-state index is -0.435. The van der Waals surface area contributed by atoms with Crippen molar-refractivity contribution >= 4 is 6.09 Å². The fourth-order valence-electron chi connectivity index (χ4n) is 2.58. The van der Waals surface area contributed by atoms with Gasteiger partial charge in [0.05, 0.1) is 6.26 Å². The van der Waals surface area contributed by atoms with Crippen LogP contribution in [-0.4, -0.2) is 41.8 Å². The largest absolute Gasteiger partial charge is 0.469 e. The van der Waals surface area contributed by atoms with Crippen LogP contribution in [0, 0.1) is 0 Å². The van der Waals surface area contributed by atoms with Gasteiger partial charge in [0.2, 0.25) is 0 Å². The van der Waals surface area contributed by atoms with Crippen LogP contribution in [-0.2, 0) is 11.2 Å². The lowest BCUT2D eigenvalue weighted by molar-refractivity contribution is 0.0290. The molecular formula is C16H26N2O3. The molecule has 0 aromatic carbocycles. The Labute approximate surface area is 126 Å². The Morgan fingerprint density at radius 1 is 1.57 bits per heavy atom. The molecule has 118 valence electrons. The molecular weight excluding hydrogens is 268 g/mol. The van der Waals surface area contributed by atoms with E-state index in [0.717, 1.165) is 25.1 Å². The third-order valence-electron chi connectivity index (χ3n) is 3.45. The molecule has 21 heavy (non-hydrogen) atoms. The second-order valence-corrected chi connectivity index (χ2v) is 6.76. The number of hydrogen-bond donors (Lipinski definition) is 1. The van der Waals surface area contributed by atoms with Crippen LogP contribution in [0.15, 0.2) is 22.8 Å². The van der Waals surface area contributed by atoms with Crippen LogP contribution >= 0.6 is 0 Å². The molecule has 1 fully saturated rings. The maximum absolute atomic E-state index is 12.0. The summed E-state index contributed by atoms with van der Waals surface area (Å²) in [7, 11) is 0. The third kappa shape index (κ3) is 5.08. The van der Waals surface area contributed by atoms with Crippen LogP contribution in [0.2, 0.25) is 0 Å². The molecule has 2 atom stereocenters. The molecule has 1 amide bonds. The molecule has 5 heteroatoms. The highest BCUT2D eigenvalue weighted by atomic mass is 16.6. The molecule has 0 radical (unpaired) electrons. The first-order valence-electron chi connectivity index (χ1n) is 7.60. The molecule has 5 nitrogen and oxygen atoms in total. The monoisotopic (exact) mass is 294 g/mol. The molecule has 2 rings (SSSR count). The van der Waals surface area contributed by atoms with Gasteiger partial charge in [-0.2, -0.15) is 0 Å². The van der Waals surface area contributed by atoms with E-state index in [1.165, 1.54) is 0 Å². The molecule has 1 aliphatic rings. The average molecular weight is 294 g/mol. The number of rotatable bonds is 4. The molecule has 1 aromatic rings. The van der Waals surface area contributed by atoms with E-state index in [1.54, 1.807) is 11.2 Å². The Bertz CT molecular complexity index is 451. The van der Waals surface area contributed by atoms with Crippen molar-refractivity contribution in [2.75, 3.05) is 13.1 Å². The Balaban J connectivity index is 1.76. The smallest absolute Gasteiger partial charge is 0.410 e. The number of carbonyl (C=O) groups excluding carboxylic acids is 1. The Morgan fingerprint density at radius 2 is 2.33 bits per heavy atom. The minimum Gasteiger partial charge on any atom is -0.469 e. The molecule has 1 aromatic heterocycles. The van der Waals surface area contributed by atoms with Gasteiger partial charge in [0, 0.05) is 31.6 Å². The average Bonchev–Trinajstić information content (AvgIpc) is 2.98. The summed E-state index contributed by atoms with van der Waals surface area (Å²) < 4.78 is 10.8. The SMILES string of the molecule is CC(Cc1ccco1)NC1CCN(C(=O)OC(C)(C)C)C1. The first-order valence-corrected chi connectivity index (χ1v) is 7.60. The fourth-order valence-corrected chi connectivity index (χ4v) is 2.58. The lowest BCUT2D eigenvalue weighted by Crippen LogP contribution is -2.41. The van der Waals surface area contributed by atoms with Gasteiger partial charge >= 0.3 is 6.09 Å². The van der Waals surface area contributed by atoms with E-state index < -0.39 is 5.60 Å². The Hall–Kier alpha value is -1.49. The van der Waals surface area contributed by atoms with E-state index in [-0.39, 0.29) is 6.09 Å². The van der Waals surface area contributed by atoms with Gasteiger partial charge < -0.3 is 19.4 Å². The highest BCUT2D eigenvalue weighted by molar-refractivity contribution is 5.68. The second-order valence-electron chi connectivity index (χ2n) is 6.76. The van der Waals surface area contributed by atoms with Crippen molar-refractivity contribution in [2.24, 2.45) is 0 Å². The summed E-state index contributed by atoms with van der Waals surface area (Å²) in [5.41, 5.74) is -0.435. The Morgan fingerprint density at radius 3 is 2.95 bits per heavy atom. The number of carbonyl (C=O) groups is 1. The number of ether oxygens (including phenoxy) is 1. The summed E-state index contributed by atoms with van der Waals surface area (Å²) in [6.07, 6.45) is 3.30. The normalized spacial score (nSPS) is 20.6. The Kier molecular flexibility index (Phi) is 4.93.